The lowest BCUT2D eigenvalue weighted by molar-refractivity contribution is -0.688. The zero-order chi connectivity index (χ0) is 49.0. The largest absolute Gasteiger partial charge is 0.378 e. The number of anilines is 4. The summed E-state index contributed by atoms with van der Waals surface area (Å²) in [5.41, 5.74) is 18.0. The number of hydrogen-bond donors (Lipinski definition) is 0. The van der Waals surface area contributed by atoms with Gasteiger partial charge in [0.1, 0.15) is 0 Å². The van der Waals surface area contributed by atoms with Crippen LogP contribution in [-0.2, 0) is 13.1 Å². The van der Waals surface area contributed by atoms with Gasteiger partial charge in [-0.25, -0.2) is 9.13 Å². The molecule has 4 aromatic heterocycles. The second kappa shape index (κ2) is 22.6. The van der Waals surface area contributed by atoms with Gasteiger partial charge in [-0.2, -0.15) is 0 Å². The molecule has 0 bridgehead atoms. The Bertz CT molecular complexity index is 2730. The number of benzene rings is 4. The minimum Gasteiger partial charge on any atom is -0.378 e. The summed E-state index contributed by atoms with van der Waals surface area (Å²) < 4.78 is 4.35. The van der Waals surface area contributed by atoms with Crippen molar-refractivity contribution in [3.05, 3.63) is 252 Å². The van der Waals surface area contributed by atoms with E-state index in [0.29, 0.717) is 0 Å². The van der Waals surface area contributed by atoms with E-state index in [0.717, 1.165) is 46.7 Å². The molecule has 8 nitrogen and oxygen atoms in total. The van der Waals surface area contributed by atoms with Crippen LogP contribution in [0.1, 0.15) is 44.5 Å². The van der Waals surface area contributed by atoms with E-state index >= 15 is 0 Å². The highest BCUT2D eigenvalue weighted by Crippen LogP contribution is 2.29. The average molecular weight is 921 g/mol. The van der Waals surface area contributed by atoms with E-state index < -0.39 is 0 Å². The SMILES string of the molecule is CN(C)c1ccc(C(=C/C=C/c2cc[n+](Cc3ccc(-c4ccc(C[n+]5ccc(/C=C/C=C(c6ccc(N(C)C)cc6)c6ccc(N(C)C)cc6)cc5)cn4)nc3)cc2)c2ccc(N(C)C)cc2)cc1. The van der Waals surface area contributed by atoms with Crippen LogP contribution in [0.4, 0.5) is 22.7 Å². The summed E-state index contributed by atoms with van der Waals surface area (Å²) in [6.07, 6.45) is 25.4. The lowest BCUT2D eigenvalue weighted by Gasteiger charge is -2.16. The van der Waals surface area contributed by atoms with Crippen molar-refractivity contribution in [3.63, 3.8) is 0 Å². The summed E-state index contributed by atoms with van der Waals surface area (Å²) in [5, 5.41) is 0. The Morgan fingerprint density at radius 3 is 0.900 bits per heavy atom. The first-order valence-corrected chi connectivity index (χ1v) is 23.7. The summed E-state index contributed by atoms with van der Waals surface area (Å²) in [6.45, 7) is 1.45. The Balaban J connectivity index is 0.864. The molecule has 0 atom stereocenters. The molecule has 70 heavy (non-hydrogen) atoms. The van der Waals surface area contributed by atoms with Gasteiger partial charge in [0.15, 0.2) is 37.9 Å². The second-order valence-electron chi connectivity index (χ2n) is 18.4. The molecule has 4 heterocycles. The quantitative estimate of drug-likeness (QED) is 0.0670. The molecule has 0 radical (unpaired) electrons. The number of nitrogens with zero attached hydrogens (tertiary/aromatic N) is 8. The molecule has 350 valence electrons. The third-order valence-corrected chi connectivity index (χ3v) is 12.4. The van der Waals surface area contributed by atoms with Gasteiger partial charge in [0, 0.05) is 127 Å². The van der Waals surface area contributed by atoms with Gasteiger partial charge in [0.25, 0.3) is 0 Å². The van der Waals surface area contributed by atoms with Crippen LogP contribution in [0, 0.1) is 0 Å². The first-order chi connectivity index (χ1) is 33.9. The third-order valence-electron chi connectivity index (χ3n) is 12.4. The van der Waals surface area contributed by atoms with Gasteiger partial charge in [0.2, 0.25) is 0 Å². The molecule has 0 saturated carbocycles. The van der Waals surface area contributed by atoms with Crippen LogP contribution in [0.3, 0.4) is 0 Å². The van der Waals surface area contributed by atoms with Crippen molar-refractivity contribution >= 4 is 46.0 Å². The standard InChI is InChI=1S/C62H64N8/c1-65(2)55-25-17-51(18-26-55)59(52-19-27-56(28-20-52)66(3)4)13-9-11-47-35-39-69(40-36-47)45-49-15-33-61(63-43-49)62-34-16-50(44-64-62)46-70-41-37-48(38-42-70)12-10-14-60(53-21-29-57(30-22-53)67(5)6)54-23-31-58(32-24-54)68(7)8/h9-44H,45-46H2,1-8H3/q+2. The van der Waals surface area contributed by atoms with Crippen LogP contribution in [0.5, 0.6) is 0 Å². The molecule has 0 saturated heterocycles. The monoisotopic (exact) mass is 921 g/mol. The van der Waals surface area contributed by atoms with Crippen LogP contribution in [0.25, 0.3) is 34.7 Å². The first kappa shape index (κ1) is 48.1. The van der Waals surface area contributed by atoms with E-state index in [4.69, 9.17) is 9.97 Å². The summed E-state index contributed by atoms with van der Waals surface area (Å²) in [4.78, 5) is 18.1. The van der Waals surface area contributed by atoms with Crippen LogP contribution >= 0.6 is 0 Å². The van der Waals surface area contributed by atoms with E-state index in [1.54, 1.807) is 0 Å². The maximum atomic E-state index is 4.79. The molecule has 8 aromatic rings. The molecule has 0 N–H and O–H groups in total. The number of aromatic nitrogens is 4. The number of rotatable bonds is 17. The van der Waals surface area contributed by atoms with Gasteiger partial charge in [-0.3, -0.25) is 9.97 Å². The highest BCUT2D eigenvalue weighted by Gasteiger charge is 2.11. The van der Waals surface area contributed by atoms with E-state index in [-0.39, 0.29) is 0 Å². The van der Waals surface area contributed by atoms with Crippen molar-refractivity contribution in [1.82, 2.24) is 9.97 Å². The van der Waals surface area contributed by atoms with Crippen molar-refractivity contribution in [2.75, 3.05) is 76.0 Å². The average Bonchev–Trinajstić information content (AvgIpc) is 3.38. The van der Waals surface area contributed by atoms with Crippen molar-refractivity contribution in [1.29, 1.82) is 0 Å². The Morgan fingerprint density at radius 1 is 0.371 bits per heavy atom. The smallest absolute Gasteiger partial charge is 0.175 e. The van der Waals surface area contributed by atoms with Gasteiger partial charge in [0.05, 0.1) is 11.4 Å². The first-order valence-electron chi connectivity index (χ1n) is 23.7. The topological polar surface area (TPSA) is 46.5 Å². The van der Waals surface area contributed by atoms with E-state index in [2.05, 4.69) is 292 Å². The Hall–Kier alpha value is -8.36. The fraction of sp³-hybridized carbons (Fsp3) is 0.161. The molecule has 0 aliphatic rings. The molecule has 0 spiro atoms. The zero-order valence-electron chi connectivity index (χ0n) is 41.8. The number of pyridine rings is 4. The zero-order valence-corrected chi connectivity index (χ0v) is 41.8. The predicted molar refractivity (Wildman–Crippen MR) is 294 cm³/mol. The molecular weight excluding hydrogens is 857 g/mol. The van der Waals surface area contributed by atoms with Crippen molar-refractivity contribution in [2.24, 2.45) is 0 Å². The lowest BCUT2D eigenvalue weighted by Crippen LogP contribution is -2.33. The minimum absolute atomic E-state index is 0.723. The molecular formula is C62H64N8+2. The van der Waals surface area contributed by atoms with Crippen molar-refractivity contribution in [3.8, 4) is 11.4 Å². The Labute approximate surface area is 415 Å². The molecule has 0 aliphatic heterocycles. The van der Waals surface area contributed by atoms with Crippen molar-refractivity contribution < 1.29 is 9.13 Å². The fourth-order valence-electron chi connectivity index (χ4n) is 8.12. The fourth-order valence-corrected chi connectivity index (χ4v) is 8.12. The van der Waals surface area contributed by atoms with E-state index in [1.807, 2.05) is 12.4 Å². The molecule has 0 unspecified atom stereocenters. The van der Waals surface area contributed by atoms with Crippen LogP contribution in [-0.4, -0.2) is 66.3 Å². The van der Waals surface area contributed by atoms with E-state index in [1.165, 1.54) is 56.1 Å². The molecule has 4 aromatic carbocycles. The predicted octanol–water partition coefficient (Wildman–Crippen LogP) is 11.4. The van der Waals surface area contributed by atoms with Crippen LogP contribution in [0.15, 0.2) is 207 Å². The van der Waals surface area contributed by atoms with Crippen LogP contribution in [0.2, 0.25) is 0 Å². The van der Waals surface area contributed by atoms with E-state index in [9.17, 15) is 0 Å². The van der Waals surface area contributed by atoms with Gasteiger partial charge in [-0.15, -0.1) is 0 Å². The van der Waals surface area contributed by atoms with Gasteiger partial charge >= 0.3 is 0 Å². The maximum absolute atomic E-state index is 4.79. The second-order valence-corrected chi connectivity index (χ2v) is 18.4. The molecule has 0 fully saturated rings. The summed E-state index contributed by atoms with van der Waals surface area (Å²) >= 11 is 0. The van der Waals surface area contributed by atoms with Gasteiger partial charge in [-0.1, -0.05) is 85.0 Å². The normalized spacial score (nSPS) is 11.1. The molecule has 8 heteroatoms. The summed E-state index contributed by atoms with van der Waals surface area (Å²) in [6, 6.07) is 51.9. The van der Waals surface area contributed by atoms with Gasteiger partial charge in [-0.05, 0) is 117 Å². The maximum Gasteiger partial charge on any atom is 0.175 e. The lowest BCUT2D eigenvalue weighted by atomic mass is 9.96. The molecule has 8 rings (SSSR count). The Morgan fingerprint density at radius 2 is 0.657 bits per heavy atom. The van der Waals surface area contributed by atoms with Crippen molar-refractivity contribution in [2.45, 2.75) is 13.1 Å². The number of hydrogen-bond acceptors (Lipinski definition) is 6. The number of allylic oxidation sites excluding steroid dienone is 4. The molecule has 0 amide bonds. The van der Waals surface area contributed by atoms with Gasteiger partial charge < -0.3 is 19.6 Å². The summed E-state index contributed by atoms with van der Waals surface area (Å²) in [7, 11) is 16.5. The highest BCUT2D eigenvalue weighted by molar-refractivity contribution is 5.84. The van der Waals surface area contributed by atoms with Crippen LogP contribution < -0.4 is 28.7 Å². The Kier molecular flexibility index (Phi) is 15.5. The minimum atomic E-state index is 0.723. The third kappa shape index (κ3) is 12.6. The highest BCUT2D eigenvalue weighted by atomic mass is 15.1. The summed E-state index contributed by atoms with van der Waals surface area (Å²) in [5.74, 6) is 0. The molecule has 0 aliphatic carbocycles.